The molecule has 0 heterocycles. The van der Waals surface area contributed by atoms with Crippen LogP contribution in [0.25, 0.3) is 0 Å². The SMILES string of the molecule is CC(c1ccc(S(N)(=O)=O)cc1)N(C)C(=O)CCOc1ccccc1. The standard InChI is InChI=1S/C18H22N2O4S/c1-14(15-8-10-17(11-9-15)25(19,22)23)20(2)18(21)12-13-24-16-6-4-3-5-7-16/h3-11,14H,12-13H2,1-2H3,(H2,19,22,23). The first-order chi connectivity index (χ1) is 11.8. The molecule has 0 saturated heterocycles. The number of primary sulfonamides is 1. The maximum absolute atomic E-state index is 12.3. The first-order valence-electron chi connectivity index (χ1n) is 7.85. The van der Waals surface area contributed by atoms with Crippen molar-refractivity contribution in [1.29, 1.82) is 0 Å². The second kappa shape index (κ2) is 8.13. The molecule has 1 atom stereocenters. The van der Waals surface area contributed by atoms with E-state index >= 15 is 0 Å². The van der Waals surface area contributed by atoms with Crippen molar-refractivity contribution < 1.29 is 17.9 Å². The minimum absolute atomic E-state index is 0.0497. The van der Waals surface area contributed by atoms with Crippen LogP contribution in [0.15, 0.2) is 59.5 Å². The van der Waals surface area contributed by atoms with Gasteiger partial charge in [0, 0.05) is 7.05 Å². The largest absolute Gasteiger partial charge is 0.493 e. The molecule has 0 aliphatic rings. The Bertz CT molecular complexity index is 805. The molecule has 0 radical (unpaired) electrons. The fraction of sp³-hybridized carbons (Fsp3) is 0.278. The van der Waals surface area contributed by atoms with Gasteiger partial charge in [0.15, 0.2) is 0 Å². The van der Waals surface area contributed by atoms with E-state index in [0.29, 0.717) is 6.61 Å². The molecule has 0 aromatic heterocycles. The van der Waals surface area contributed by atoms with Crippen LogP contribution in [-0.4, -0.2) is 32.9 Å². The molecule has 6 nitrogen and oxygen atoms in total. The van der Waals surface area contributed by atoms with E-state index in [2.05, 4.69) is 0 Å². The fourth-order valence-electron chi connectivity index (χ4n) is 2.32. The highest BCUT2D eigenvalue weighted by Gasteiger charge is 2.18. The zero-order chi connectivity index (χ0) is 18.4. The molecule has 0 spiro atoms. The molecule has 2 aromatic carbocycles. The Morgan fingerprint density at radius 3 is 2.28 bits per heavy atom. The molecule has 0 aliphatic heterocycles. The second-order valence-electron chi connectivity index (χ2n) is 5.71. The van der Waals surface area contributed by atoms with Gasteiger partial charge >= 0.3 is 0 Å². The van der Waals surface area contributed by atoms with Crippen molar-refractivity contribution in [2.45, 2.75) is 24.3 Å². The Labute approximate surface area is 148 Å². The number of carbonyl (C=O) groups excluding carboxylic acids is 1. The summed E-state index contributed by atoms with van der Waals surface area (Å²) in [4.78, 5) is 14.0. The van der Waals surface area contributed by atoms with Crippen LogP contribution < -0.4 is 9.88 Å². The van der Waals surface area contributed by atoms with E-state index in [1.54, 1.807) is 24.1 Å². The lowest BCUT2D eigenvalue weighted by molar-refractivity contribution is -0.132. The van der Waals surface area contributed by atoms with Gasteiger partial charge in [-0.15, -0.1) is 0 Å². The van der Waals surface area contributed by atoms with Crippen molar-refractivity contribution in [3.8, 4) is 5.75 Å². The minimum Gasteiger partial charge on any atom is -0.493 e. The van der Waals surface area contributed by atoms with Crippen molar-refractivity contribution in [3.63, 3.8) is 0 Å². The quantitative estimate of drug-likeness (QED) is 0.818. The summed E-state index contributed by atoms with van der Waals surface area (Å²) in [7, 11) is -2.01. The van der Waals surface area contributed by atoms with Gasteiger partial charge in [-0.05, 0) is 36.8 Å². The van der Waals surface area contributed by atoms with Crippen LogP contribution in [0.2, 0.25) is 0 Å². The zero-order valence-corrected chi connectivity index (χ0v) is 15.1. The fourth-order valence-corrected chi connectivity index (χ4v) is 2.84. The predicted octanol–water partition coefficient (Wildman–Crippen LogP) is 2.32. The number of amides is 1. The third-order valence-electron chi connectivity index (χ3n) is 3.99. The van der Waals surface area contributed by atoms with E-state index in [1.807, 2.05) is 37.3 Å². The van der Waals surface area contributed by atoms with E-state index in [9.17, 15) is 13.2 Å². The normalized spacial score (nSPS) is 12.4. The number of nitrogens with zero attached hydrogens (tertiary/aromatic N) is 1. The highest BCUT2D eigenvalue weighted by molar-refractivity contribution is 7.89. The van der Waals surface area contributed by atoms with Gasteiger partial charge in [0.25, 0.3) is 0 Å². The third-order valence-corrected chi connectivity index (χ3v) is 4.92. The van der Waals surface area contributed by atoms with Gasteiger partial charge in [0.2, 0.25) is 15.9 Å². The van der Waals surface area contributed by atoms with Crippen molar-refractivity contribution in [3.05, 3.63) is 60.2 Å². The smallest absolute Gasteiger partial charge is 0.238 e. The summed E-state index contributed by atoms with van der Waals surface area (Å²) in [5.74, 6) is 0.670. The number of para-hydroxylation sites is 1. The highest BCUT2D eigenvalue weighted by atomic mass is 32.2. The minimum atomic E-state index is -3.72. The van der Waals surface area contributed by atoms with E-state index in [4.69, 9.17) is 9.88 Å². The van der Waals surface area contributed by atoms with Crippen molar-refractivity contribution >= 4 is 15.9 Å². The van der Waals surface area contributed by atoms with E-state index in [1.165, 1.54) is 12.1 Å². The first-order valence-corrected chi connectivity index (χ1v) is 9.40. The highest BCUT2D eigenvalue weighted by Crippen LogP contribution is 2.21. The van der Waals surface area contributed by atoms with Crippen molar-refractivity contribution in [2.24, 2.45) is 5.14 Å². The van der Waals surface area contributed by atoms with Crippen LogP contribution in [0, 0.1) is 0 Å². The molecule has 2 rings (SSSR count). The van der Waals surface area contributed by atoms with Gasteiger partial charge in [0.1, 0.15) is 5.75 Å². The summed E-state index contributed by atoms with van der Waals surface area (Å²) in [5, 5.41) is 5.09. The lowest BCUT2D eigenvalue weighted by atomic mass is 10.1. The average molecular weight is 362 g/mol. The molecule has 1 amide bonds. The average Bonchev–Trinajstić information content (AvgIpc) is 2.60. The lowest BCUT2D eigenvalue weighted by Gasteiger charge is -2.25. The second-order valence-corrected chi connectivity index (χ2v) is 7.27. The molecule has 134 valence electrons. The number of carbonyl (C=O) groups is 1. The Hall–Kier alpha value is -2.38. The lowest BCUT2D eigenvalue weighted by Crippen LogP contribution is -2.30. The number of ether oxygens (including phenoxy) is 1. The van der Waals surface area contributed by atoms with Crippen molar-refractivity contribution in [1.82, 2.24) is 4.90 Å². The molecule has 1 unspecified atom stereocenters. The number of hydrogen-bond acceptors (Lipinski definition) is 4. The zero-order valence-electron chi connectivity index (χ0n) is 14.3. The van der Waals surface area contributed by atoms with Gasteiger partial charge in [-0.1, -0.05) is 30.3 Å². The molecule has 0 saturated carbocycles. The molecule has 0 bridgehead atoms. The number of rotatable bonds is 7. The first kappa shape index (κ1) is 19.0. The van der Waals surface area contributed by atoms with E-state index in [-0.39, 0.29) is 23.3 Å². The molecule has 7 heteroatoms. The number of sulfonamides is 1. The molecule has 2 aromatic rings. The van der Waals surface area contributed by atoms with Gasteiger partial charge in [-0.3, -0.25) is 4.79 Å². The maximum atomic E-state index is 12.3. The Morgan fingerprint density at radius 1 is 1.12 bits per heavy atom. The Balaban J connectivity index is 1.92. The monoisotopic (exact) mass is 362 g/mol. The Morgan fingerprint density at radius 2 is 1.72 bits per heavy atom. The summed E-state index contributed by atoms with van der Waals surface area (Å²) >= 11 is 0. The van der Waals surface area contributed by atoms with Gasteiger partial charge in [-0.2, -0.15) is 0 Å². The molecular formula is C18H22N2O4S. The number of nitrogens with two attached hydrogens (primary N) is 1. The summed E-state index contributed by atoms with van der Waals surface area (Å²) in [5.41, 5.74) is 0.826. The summed E-state index contributed by atoms with van der Waals surface area (Å²) in [6.07, 6.45) is 0.255. The Kier molecular flexibility index (Phi) is 6.17. The molecule has 25 heavy (non-hydrogen) atoms. The van der Waals surface area contributed by atoms with Crippen LogP contribution in [0.4, 0.5) is 0 Å². The van der Waals surface area contributed by atoms with Gasteiger partial charge in [0.05, 0.1) is 24.0 Å². The molecule has 0 fully saturated rings. The van der Waals surface area contributed by atoms with E-state index in [0.717, 1.165) is 11.3 Å². The van der Waals surface area contributed by atoms with E-state index < -0.39 is 10.0 Å². The topological polar surface area (TPSA) is 89.7 Å². The van der Waals surface area contributed by atoms with Gasteiger partial charge < -0.3 is 9.64 Å². The molecule has 2 N–H and O–H groups in total. The molecular weight excluding hydrogens is 340 g/mol. The van der Waals surface area contributed by atoms with Crippen molar-refractivity contribution in [2.75, 3.05) is 13.7 Å². The molecule has 0 aliphatic carbocycles. The van der Waals surface area contributed by atoms with Crippen LogP contribution in [0.3, 0.4) is 0 Å². The van der Waals surface area contributed by atoms with Crippen LogP contribution in [0.5, 0.6) is 5.75 Å². The van der Waals surface area contributed by atoms with Crippen LogP contribution in [0.1, 0.15) is 24.9 Å². The number of benzene rings is 2. The summed E-state index contributed by atoms with van der Waals surface area (Å²) in [6, 6.07) is 15.3. The van der Waals surface area contributed by atoms with Crippen LogP contribution in [-0.2, 0) is 14.8 Å². The van der Waals surface area contributed by atoms with Gasteiger partial charge in [-0.25, -0.2) is 13.6 Å². The summed E-state index contributed by atoms with van der Waals surface area (Å²) in [6.45, 7) is 2.17. The summed E-state index contributed by atoms with van der Waals surface area (Å²) < 4.78 is 28.1. The number of hydrogen-bond donors (Lipinski definition) is 1. The predicted molar refractivity (Wildman–Crippen MR) is 95.6 cm³/mol. The third kappa shape index (κ3) is 5.30. The maximum Gasteiger partial charge on any atom is 0.238 e. The van der Waals surface area contributed by atoms with Crippen LogP contribution >= 0.6 is 0 Å².